The Morgan fingerprint density at radius 2 is 2.12 bits per heavy atom. The van der Waals surface area contributed by atoms with Crippen molar-refractivity contribution >= 4 is 17.4 Å². The Morgan fingerprint density at radius 1 is 1.44 bits per heavy atom. The lowest BCUT2D eigenvalue weighted by Gasteiger charge is -2.26. The average molecular weight is 238 g/mol. The molecule has 1 atom stereocenters. The number of nitrogens with one attached hydrogen (secondary N) is 1. The molecule has 0 aromatic heterocycles. The molecule has 1 fully saturated rings. The highest BCUT2D eigenvalue weighted by molar-refractivity contribution is 6.30. The van der Waals surface area contributed by atoms with E-state index in [4.69, 9.17) is 11.6 Å². The lowest BCUT2D eigenvalue weighted by molar-refractivity contribution is 0.0864. The Bertz CT molecular complexity index is 379. The third kappa shape index (κ3) is 2.00. The molecule has 0 radical (unpaired) electrons. The van der Waals surface area contributed by atoms with Crippen LogP contribution in [0.25, 0.3) is 0 Å². The van der Waals surface area contributed by atoms with E-state index < -0.39 is 0 Å². The van der Waals surface area contributed by atoms with Gasteiger partial charge in [0.15, 0.2) is 5.78 Å². The van der Waals surface area contributed by atoms with Gasteiger partial charge in [0, 0.05) is 10.6 Å². The summed E-state index contributed by atoms with van der Waals surface area (Å²) in [6, 6.07) is 7.16. The lowest BCUT2D eigenvalue weighted by atomic mass is 9.85. The molecule has 1 unspecified atom stereocenters. The predicted octanol–water partition coefficient (Wildman–Crippen LogP) is 3.05. The van der Waals surface area contributed by atoms with Crippen LogP contribution in [0, 0.1) is 0 Å². The molecule has 1 aromatic carbocycles. The van der Waals surface area contributed by atoms with Gasteiger partial charge >= 0.3 is 0 Å². The third-order valence-corrected chi connectivity index (χ3v) is 3.64. The summed E-state index contributed by atoms with van der Waals surface area (Å²) >= 11 is 5.82. The summed E-state index contributed by atoms with van der Waals surface area (Å²) in [5, 5.41) is 4.02. The van der Waals surface area contributed by atoms with Gasteiger partial charge in [0.25, 0.3) is 0 Å². The molecule has 1 heterocycles. The Labute approximate surface area is 101 Å². The van der Waals surface area contributed by atoms with Gasteiger partial charge in [-0.05, 0) is 50.1 Å². The molecule has 1 saturated heterocycles. The van der Waals surface area contributed by atoms with Crippen LogP contribution in [0.5, 0.6) is 0 Å². The molecule has 16 heavy (non-hydrogen) atoms. The number of carbonyl (C=O) groups is 1. The fourth-order valence-corrected chi connectivity index (χ4v) is 2.47. The van der Waals surface area contributed by atoms with Crippen molar-refractivity contribution in [3.8, 4) is 0 Å². The molecule has 1 aliphatic rings. The summed E-state index contributed by atoms with van der Waals surface area (Å²) in [4.78, 5) is 12.4. The second kappa shape index (κ2) is 4.56. The first-order valence-electron chi connectivity index (χ1n) is 5.73. The maximum atomic E-state index is 12.4. The molecule has 0 amide bonds. The van der Waals surface area contributed by atoms with Crippen LogP contribution in [-0.4, -0.2) is 17.9 Å². The molecular weight excluding hydrogens is 222 g/mol. The van der Waals surface area contributed by atoms with E-state index in [1.807, 2.05) is 12.1 Å². The quantitative estimate of drug-likeness (QED) is 0.819. The van der Waals surface area contributed by atoms with Crippen molar-refractivity contribution < 1.29 is 4.79 Å². The van der Waals surface area contributed by atoms with Crippen molar-refractivity contribution in [2.24, 2.45) is 0 Å². The summed E-state index contributed by atoms with van der Waals surface area (Å²) in [6.07, 6.45) is 2.85. The van der Waals surface area contributed by atoms with Crippen LogP contribution < -0.4 is 5.32 Å². The molecule has 1 aromatic rings. The minimum atomic E-state index is -0.339. The zero-order valence-electron chi connectivity index (χ0n) is 9.42. The molecule has 3 heteroatoms. The number of Topliss-reactive ketones (excluding diaryl/α,β-unsaturated/α-hetero) is 1. The van der Waals surface area contributed by atoms with E-state index in [9.17, 15) is 4.79 Å². The van der Waals surface area contributed by atoms with Crippen molar-refractivity contribution in [3.05, 3.63) is 34.9 Å². The van der Waals surface area contributed by atoms with Gasteiger partial charge in [-0.3, -0.25) is 4.79 Å². The number of rotatable bonds is 3. The highest BCUT2D eigenvalue weighted by Crippen LogP contribution is 2.27. The Hall–Kier alpha value is -0.860. The van der Waals surface area contributed by atoms with E-state index >= 15 is 0 Å². The van der Waals surface area contributed by atoms with Crippen molar-refractivity contribution in [2.45, 2.75) is 31.7 Å². The standard InChI is InChI=1S/C13H16ClNO/c1-2-13(8-3-9-15-13)12(16)10-4-6-11(14)7-5-10/h4-7,15H,2-3,8-9H2,1H3. The highest BCUT2D eigenvalue weighted by Gasteiger charge is 2.39. The summed E-state index contributed by atoms with van der Waals surface area (Å²) < 4.78 is 0. The molecule has 0 saturated carbocycles. The minimum Gasteiger partial charge on any atom is -0.305 e. The van der Waals surface area contributed by atoms with E-state index in [0.29, 0.717) is 5.02 Å². The molecular formula is C13H16ClNO. The second-order valence-corrected chi connectivity index (χ2v) is 4.74. The monoisotopic (exact) mass is 237 g/mol. The topological polar surface area (TPSA) is 29.1 Å². The first-order chi connectivity index (χ1) is 7.68. The SMILES string of the molecule is CCC1(C(=O)c2ccc(Cl)cc2)CCCN1. The van der Waals surface area contributed by atoms with Gasteiger partial charge in [0.05, 0.1) is 5.54 Å². The van der Waals surface area contributed by atoms with E-state index in [1.165, 1.54) is 0 Å². The third-order valence-electron chi connectivity index (χ3n) is 3.39. The number of hydrogen-bond donors (Lipinski definition) is 1. The fraction of sp³-hybridized carbons (Fsp3) is 0.462. The number of benzene rings is 1. The van der Waals surface area contributed by atoms with Crippen molar-refractivity contribution in [3.63, 3.8) is 0 Å². The van der Waals surface area contributed by atoms with Crippen LogP contribution in [0.15, 0.2) is 24.3 Å². The van der Waals surface area contributed by atoms with Crippen LogP contribution in [0.3, 0.4) is 0 Å². The van der Waals surface area contributed by atoms with E-state index in [1.54, 1.807) is 12.1 Å². The van der Waals surface area contributed by atoms with E-state index in [0.717, 1.165) is 31.4 Å². The van der Waals surface area contributed by atoms with Crippen LogP contribution in [0.2, 0.25) is 5.02 Å². The molecule has 1 aliphatic heterocycles. The maximum absolute atomic E-state index is 12.4. The van der Waals surface area contributed by atoms with Crippen LogP contribution >= 0.6 is 11.6 Å². The maximum Gasteiger partial charge on any atom is 0.182 e. The summed E-state index contributed by atoms with van der Waals surface area (Å²) in [5.74, 6) is 0.198. The van der Waals surface area contributed by atoms with Crippen molar-refractivity contribution in [2.75, 3.05) is 6.54 Å². The summed E-state index contributed by atoms with van der Waals surface area (Å²) in [6.45, 7) is 3.00. The molecule has 2 rings (SSSR count). The summed E-state index contributed by atoms with van der Waals surface area (Å²) in [5.41, 5.74) is 0.411. The number of halogens is 1. The van der Waals surface area contributed by atoms with Crippen LogP contribution in [0.1, 0.15) is 36.5 Å². The van der Waals surface area contributed by atoms with Crippen LogP contribution in [0.4, 0.5) is 0 Å². The van der Waals surface area contributed by atoms with Gasteiger partial charge in [0.2, 0.25) is 0 Å². The lowest BCUT2D eigenvalue weighted by Crippen LogP contribution is -2.46. The molecule has 86 valence electrons. The summed E-state index contributed by atoms with van der Waals surface area (Å²) in [7, 11) is 0. The van der Waals surface area contributed by atoms with Gasteiger partial charge in [-0.25, -0.2) is 0 Å². The molecule has 0 aliphatic carbocycles. The molecule has 0 spiro atoms. The van der Waals surface area contributed by atoms with Gasteiger partial charge in [-0.1, -0.05) is 18.5 Å². The average Bonchev–Trinajstić information content (AvgIpc) is 2.79. The molecule has 0 bridgehead atoms. The largest absolute Gasteiger partial charge is 0.305 e. The molecule has 2 nitrogen and oxygen atoms in total. The number of carbonyl (C=O) groups excluding carboxylic acids is 1. The van der Waals surface area contributed by atoms with Gasteiger partial charge in [-0.2, -0.15) is 0 Å². The van der Waals surface area contributed by atoms with E-state index in [2.05, 4.69) is 12.2 Å². The fourth-order valence-electron chi connectivity index (χ4n) is 2.34. The zero-order chi connectivity index (χ0) is 11.6. The Balaban J connectivity index is 2.26. The van der Waals surface area contributed by atoms with Crippen molar-refractivity contribution in [1.29, 1.82) is 0 Å². The first-order valence-corrected chi connectivity index (χ1v) is 6.11. The first kappa shape index (κ1) is 11.6. The predicted molar refractivity (Wildman–Crippen MR) is 66.0 cm³/mol. The van der Waals surface area contributed by atoms with E-state index in [-0.39, 0.29) is 11.3 Å². The van der Waals surface area contributed by atoms with Gasteiger partial charge in [-0.15, -0.1) is 0 Å². The van der Waals surface area contributed by atoms with Gasteiger partial charge in [0.1, 0.15) is 0 Å². The highest BCUT2D eigenvalue weighted by atomic mass is 35.5. The molecule has 1 N–H and O–H groups in total. The minimum absolute atomic E-state index is 0.198. The van der Waals surface area contributed by atoms with Gasteiger partial charge < -0.3 is 5.32 Å². The number of hydrogen-bond acceptors (Lipinski definition) is 2. The zero-order valence-corrected chi connectivity index (χ0v) is 10.2. The number of ketones is 1. The van der Waals surface area contributed by atoms with Crippen molar-refractivity contribution in [1.82, 2.24) is 5.32 Å². The Kier molecular flexibility index (Phi) is 3.31. The second-order valence-electron chi connectivity index (χ2n) is 4.30. The smallest absolute Gasteiger partial charge is 0.182 e. The Morgan fingerprint density at radius 3 is 2.62 bits per heavy atom. The normalized spacial score (nSPS) is 24.6. The van der Waals surface area contributed by atoms with Crippen LogP contribution in [-0.2, 0) is 0 Å².